The monoisotopic (exact) mass is 361 g/mol. The van der Waals surface area contributed by atoms with Crippen LogP contribution in [-0.2, 0) is 0 Å². The van der Waals surface area contributed by atoms with E-state index in [1.165, 1.54) is 12.1 Å². The highest BCUT2D eigenvalue weighted by atomic mass is 16.6. The molecular formula is C21H19N3O3. The van der Waals surface area contributed by atoms with Crippen molar-refractivity contribution in [2.45, 2.75) is 6.17 Å². The lowest BCUT2D eigenvalue weighted by molar-refractivity contribution is -0.385. The van der Waals surface area contributed by atoms with Gasteiger partial charge in [-0.05, 0) is 30.3 Å². The van der Waals surface area contributed by atoms with Gasteiger partial charge in [0.05, 0.1) is 4.92 Å². The molecule has 0 unspecified atom stereocenters. The zero-order chi connectivity index (χ0) is 18.8. The molecule has 3 aromatic rings. The number of hydrogen-bond donors (Lipinski definition) is 1. The fourth-order valence-electron chi connectivity index (χ4n) is 3.62. The number of hydrogen-bond acceptors (Lipinski definition) is 5. The SMILES string of the molecule is O=[N+]([O-])c1cc(C2N(c3ccccc3)CCN2c2ccccc2)ccc1O. The Morgan fingerprint density at radius 2 is 1.37 bits per heavy atom. The van der Waals surface area contributed by atoms with E-state index in [4.69, 9.17) is 0 Å². The van der Waals surface area contributed by atoms with Crippen LogP contribution in [0.3, 0.4) is 0 Å². The van der Waals surface area contributed by atoms with Gasteiger partial charge < -0.3 is 14.9 Å². The van der Waals surface area contributed by atoms with E-state index < -0.39 is 4.92 Å². The largest absolute Gasteiger partial charge is 0.502 e. The second kappa shape index (κ2) is 6.99. The van der Waals surface area contributed by atoms with Gasteiger partial charge in [-0.15, -0.1) is 0 Å². The molecule has 1 heterocycles. The van der Waals surface area contributed by atoms with Crippen molar-refractivity contribution < 1.29 is 10.0 Å². The van der Waals surface area contributed by atoms with Gasteiger partial charge in [0.2, 0.25) is 0 Å². The van der Waals surface area contributed by atoms with Crippen LogP contribution in [0.15, 0.2) is 78.9 Å². The van der Waals surface area contributed by atoms with Crippen molar-refractivity contribution in [2.75, 3.05) is 22.9 Å². The normalized spacial score (nSPS) is 14.5. The Kier molecular flexibility index (Phi) is 4.38. The Morgan fingerprint density at radius 1 is 0.852 bits per heavy atom. The third-order valence-electron chi connectivity index (χ3n) is 4.84. The van der Waals surface area contributed by atoms with Crippen LogP contribution in [0, 0.1) is 10.1 Å². The maximum atomic E-state index is 11.3. The summed E-state index contributed by atoms with van der Waals surface area (Å²) < 4.78 is 0. The van der Waals surface area contributed by atoms with Crippen molar-refractivity contribution in [1.29, 1.82) is 0 Å². The number of para-hydroxylation sites is 2. The second-order valence-electron chi connectivity index (χ2n) is 6.44. The first-order valence-electron chi connectivity index (χ1n) is 8.76. The number of benzene rings is 3. The van der Waals surface area contributed by atoms with Crippen molar-refractivity contribution in [1.82, 2.24) is 0 Å². The predicted octanol–water partition coefficient (Wildman–Crippen LogP) is 4.33. The molecule has 3 aromatic carbocycles. The predicted molar refractivity (Wildman–Crippen MR) is 105 cm³/mol. The summed E-state index contributed by atoms with van der Waals surface area (Å²) in [6.45, 7) is 1.58. The number of aromatic hydroxyl groups is 1. The smallest absolute Gasteiger partial charge is 0.311 e. The molecule has 0 saturated carbocycles. The zero-order valence-electron chi connectivity index (χ0n) is 14.6. The van der Waals surface area contributed by atoms with E-state index >= 15 is 0 Å². The molecule has 136 valence electrons. The summed E-state index contributed by atoms with van der Waals surface area (Å²) in [7, 11) is 0. The van der Waals surface area contributed by atoms with Crippen molar-refractivity contribution in [2.24, 2.45) is 0 Å². The molecule has 0 aromatic heterocycles. The quantitative estimate of drug-likeness (QED) is 0.553. The lowest BCUT2D eigenvalue weighted by Gasteiger charge is -2.33. The van der Waals surface area contributed by atoms with Gasteiger partial charge in [0.25, 0.3) is 0 Å². The molecule has 1 N–H and O–H groups in total. The van der Waals surface area contributed by atoms with Crippen LogP contribution in [0.1, 0.15) is 11.7 Å². The molecule has 27 heavy (non-hydrogen) atoms. The number of phenolic OH excluding ortho intramolecular Hbond substituents is 1. The van der Waals surface area contributed by atoms with Crippen LogP contribution < -0.4 is 9.80 Å². The van der Waals surface area contributed by atoms with Crippen LogP contribution >= 0.6 is 0 Å². The summed E-state index contributed by atoms with van der Waals surface area (Å²) in [4.78, 5) is 15.2. The molecule has 1 fully saturated rings. The van der Waals surface area contributed by atoms with Gasteiger partial charge in [0.1, 0.15) is 6.17 Å². The first-order chi connectivity index (χ1) is 13.1. The Hall–Kier alpha value is -3.54. The van der Waals surface area contributed by atoms with E-state index in [0.29, 0.717) is 0 Å². The summed E-state index contributed by atoms with van der Waals surface area (Å²) in [5, 5.41) is 21.2. The molecule has 6 nitrogen and oxygen atoms in total. The second-order valence-corrected chi connectivity index (χ2v) is 6.44. The highest BCUT2D eigenvalue weighted by molar-refractivity contribution is 5.60. The Bertz CT molecular complexity index is 900. The highest BCUT2D eigenvalue weighted by Crippen LogP contribution is 2.39. The number of phenols is 1. The van der Waals surface area contributed by atoms with Crippen LogP contribution in [0.25, 0.3) is 0 Å². The van der Waals surface area contributed by atoms with Crippen LogP contribution in [0.5, 0.6) is 5.75 Å². The van der Waals surface area contributed by atoms with Crippen LogP contribution in [-0.4, -0.2) is 23.1 Å². The minimum absolute atomic E-state index is 0.200. The molecule has 1 aliphatic heterocycles. The van der Waals surface area contributed by atoms with Crippen LogP contribution in [0.4, 0.5) is 17.1 Å². The van der Waals surface area contributed by atoms with Gasteiger partial charge in [-0.1, -0.05) is 42.5 Å². The summed E-state index contributed by atoms with van der Waals surface area (Å²) in [6.07, 6.45) is -0.200. The number of nitro groups is 1. The molecular weight excluding hydrogens is 342 g/mol. The fraction of sp³-hybridized carbons (Fsp3) is 0.143. The Morgan fingerprint density at radius 3 is 1.85 bits per heavy atom. The minimum Gasteiger partial charge on any atom is -0.502 e. The number of nitrogens with zero attached hydrogens (tertiary/aromatic N) is 3. The van der Waals surface area contributed by atoms with E-state index in [1.807, 2.05) is 60.7 Å². The van der Waals surface area contributed by atoms with E-state index in [0.717, 1.165) is 30.0 Å². The maximum Gasteiger partial charge on any atom is 0.311 e. The van der Waals surface area contributed by atoms with Gasteiger partial charge in [0, 0.05) is 36.1 Å². The fourth-order valence-corrected chi connectivity index (χ4v) is 3.62. The van der Waals surface area contributed by atoms with Crippen molar-refractivity contribution in [3.8, 4) is 5.75 Å². The first kappa shape index (κ1) is 16.9. The summed E-state index contributed by atoms with van der Waals surface area (Å²) in [5.41, 5.74) is 2.60. The van der Waals surface area contributed by atoms with Crippen molar-refractivity contribution in [3.63, 3.8) is 0 Å². The molecule has 0 amide bonds. The minimum atomic E-state index is -0.548. The number of nitro benzene ring substituents is 1. The molecule has 1 saturated heterocycles. The lowest BCUT2D eigenvalue weighted by atomic mass is 10.1. The molecule has 0 atom stereocenters. The molecule has 0 bridgehead atoms. The highest BCUT2D eigenvalue weighted by Gasteiger charge is 2.34. The van der Waals surface area contributed by atoms with E-state index in [2.05, 4.69) is 9.80 Å². The average Bonchev–Trinajstić information content (AvgIpc) is 3.14. The topological polar surface area (TPSA) is 69.9 Å². The van der Waals surface area contributed by atoms with Gasteiger partial charge in [0.15, 0.2) is 5.75 Å². The van der Waals surface area contributed by atoms with E-state index in [9.17, 15) is 15.2 Å². The van der Waals surface area contributed by atoms with Gasteiger partial charge in [-0.3, -0.25) is 10.1 Å². The molecule has 0 radical (unpaired) electrons. The number of anilines is 2. The Labute approximate surface area is 157 Å². The summed E-state index contributed by atoms with van der Waals surface area (Å²) in [5.74, 6) is -0.320. The third kappa shape index (κ3) is 3.17. The third-order valence-corrected chi connectivity index (χ3v) is 4.84. The molecule has 1 aliphatic rings. The molecule has 6 heteroatoms. The van der Waals surface area contributed by atoms with Gasteiger partial charge in [-0.25, -0.2) is 0 Å². The number of rotatable bonds is 4. The van der Waals surface area contributed by atoms with Crippen LogP contribution in [0.2, 0.25) is 0 Å². The van der Waals surface area contributed by atoms with Crippen molar-refractivity contribution in [3.05, 3.63) is 94.5 Å². The van der Waals surface area contributed by atoms with Gasteiger partial charge in [-0.2, -0.15) is 0 Å². The van der Waals surface area contributed by atoms with E-state index in [1.54, 1.807) is 6.07 Å². The molecule has 0 aliphatic carbocycles. The standard InChI is InChI=1S/C21H19N3O3/c25-20-12-11-16(15-19(20)24(26)27)21-22(17-7-3-1-4-8-17)13-14-23(21)18-9-5-2-6-10-18/h1-12,15,21,25H,13-14H2. The zero-order valence-corrected chi connectivity index (χ0v) is 14.6. The Balaban J connectivity index is 1.82. The first-order valence-corrected chi connectivity index (χ1v) is 8.76. The van der Waals surface area contributed by atoms with Crippen molar-refractivity contribution >= 4 is 17.1 Å². The van der Waals surface area contributed by atoms with Gasteiger partial charge >= 0.3 is 5.69 Å². The lowest BCUT2D eigenvalue weighted by Crippen LogP contribution is -2.30. The summed E-state index contributed by atoms with van der Waals surface area (Å²) in [6, 6.07) is 24.6. The molecule has 0 spiro atoms. The average molecular weight is 361 g/mol. The maximum absolute atomic E-state index is 11.3. The van der Waals surface area contributed by atoms with E-state index in [-0.39, 0.29) is 17.6 Å². The molecule has 4 rings (SSSR count). The summed E-state index contributed by atoms with van der Waals surface area (Å²) >= 11 is 0.